The molecule has 0 unspecified atom stereocenters. The van der Waals surface area contributed by atoms with Gasteiger partial charge in [-0.25, -0.2) is 4.79 Å². The zero-order valence-electron chi connectivity index (χ0n) is 11.5. The average Bonchev–Trinajstić information content (AvgIpc) is 2.91. The molecule has 104 valence electrons. The molecular formula is C15H19BrO2S. The van der Waals surface area contributed by atoms with Crippen molar-refractivity contribution >= 4 is 33.2 Å². The van der Waals surface area contributed by atoms with E-state index >= 15 is 0 Å². The highest BCUT2D eigenvalue weighted by Gasteiger charge is 2.62. The third-order valence-electron chi connectivity index (χ3n) is 5.74. The van der Waals surface area contributed by atoms with E-state index in [0.717, 1.165) is 10.2 Å². The topological polar surface area (TPSA) is 26.3 Å². The maximum Gasteiger partial charge on any atom is 0.348 e. The van der Waals surface area contributed by atoms with Crippen LogP contribution in [0.25, 0.3) is 0 Å². The highest BCUT2D eigenvalue weighted by atomic mass is 79.9. The van der Waals surface area contributed by atoms with Gasteiger partial charge < -0.3 is 4.74 Å². The van der Waals surface area contributed by atoms with Crippen LogP contribution in [-0.4, -0.2) is 12.1 Å². The Labute approximate surface area is 126 Å². The SMILES string of the molecule is CC1(C)[C@@H]2CC[C@@]1(C)[C@H](OC(=O)c1ccc(Br)s1)C2. The fraction of sp³-hybridized carbons (Fsp3) is 0.667. The van der Waals surface area contributed by atoms with E-state index in [1.54, 1.807) is 0 Å². The van der Waals surface area contributed by atoms with E-state index in [0.29, 0.717) is 10.8 Å². The molecule has 1 aromatic rings. The van der Waals surface area contributed by atoms with Crippen molar-refractivity contribution in [2.45, 2.75) is 46.1 Å². The van der Waals surface area contributed by atoms with Crippen molar-refractivity contribution in [3.8, 4) is 0 Å². The van der Waals surface area contributed by atoms with Crippen LogP contribution in [0, 0.1) is 16.7 Å². The molecule has 2 fully saturated rings. The van der Waals surface area contributed by atoms with Gasteiger partial charge in [0.15, 0.2) is 0 Å². The minimum absolute atomic E-state index is 0.0784. The van der Waals surface area contributed by atoms with Crippen LogP contribution in [0.2, 0.25) is 0 Å². The van der Waals surface area contributed by atoms with Gasteiger partial charge in [0.2, 0.25) is 0 Å². The Hall–Kier alpha value is -0.350. The normalized spacial score (nSPS) is 35.6. The van der Waals surface area contributed by atoms with Gasteiger partial charge in [-0.05, 0) is 58.7 Å². The molecule has 4 heteroatoms. The van der Waals surface area contributed by atoms with Gasteiger partial charge in [-0.2, -0.15) is 0 Å². The first-order valence-corrected chi connectivity index (χ1v) is 8.42. The summed E-state index contributed by atoms with van der Waals surface area (Å²) in [6.07, 6.45) is 3.57. The zero-order valence-corrected chi connectivity index (χ0v) is 13.9. The Kier molecular flexibility index (Phi) is 3.10. The summed E-state index contributed by atoms with van der Waals surface area (Å²) < 4.78 is 6.81. The van der Waals surface area contributed by atoms with E-state index in [1.807, 2.05) is 12.1 Å². The van der Waals surface area contributed by atoms with Crippen molar-refractivity contribution in [3.05, 3.63) is 20.8 Å². The van der Waals surface area contributed by atoms with Crippen molar-refractivity contribution in [3.63, 3.8) is 0 Å². The Balaban J connectivity index is 1.77. The molecule has 2 bridgehead atoms. The summed E-state index contributed by atoms with van der Waals surface area (Å²) in [6.45, 7) is 6.96. The molecule has 19 heavy (non-hydrogen) atoms. The summed E-state index contributed by atoms with van der Waals surface area (Å²) in [5.41, 5.74) is 0.426. The van der Waals surface area contributed by atoms with Crippen LogP contribution in [0.3, 0.4) is 0 Å². The first-order valence-electron chi connectivity index (χ1n) is 6.81. The number of carbonyl (C=O) groups is 1. The van der Waals surface area contributed by atoms with Crippen LogP contribution < -0.4 is 0 Å². The molecule has 2 nitrogen and oxygen atoms in total. The molecule has 2 aliphatic carbocycles. The van der Waals surface area contributed by atoms with Gasteiger partial charge in [0.25, 0.3) is 0 Å². The first-order chi connectivity index (χ1) is 8.84. The number of hydrogen-bond donors (Lipinski definition) is 0. The maximum absolute atomic E-state index is 12.2. The Bertz CT molecular complexity index is 522. The molecule has 0 amide bonds. The molecule has 0 aliphatic heterocycles. The van der Waals surface area contributed by atoms with E-state index in [9.17, 15) is 4.79 Å². The number of halogens is 1. The highest BCUT2D eigenvalue weighted by Crippen LogP contribution is 2.66. The zero-order chi connectivity index (χ0) is 13.8. The van der Waals surface area contributed by atoms with E-state index in [2.05, 4.69) is 36.7 Å². The lowest BCUT2D eigenvalue weighted by Crippen LogP contribution is -2.38. The fourth-order valence-corrected chi connectivity index (χ4v) is 5.19. The number of carbonyl (C=O) groups excluding carboxylic acids is 1. The molecule has 0 saturated heterocycles. The summed E-state index contributed by atoms with van der Waals surface area (Å²) in [5, 5.41) is 0. The summed E-state index contributed by atoms with van der Waals surface area (Å²) in [6, 6.07) is 3.73. The van der Waals surface area contributed by atoms with Crippen molar-refractivity contribution in [1.29, 1.82) is 0 Å². The van der Waals surface area contributed by atoms with Gasteiger partial charge in [0, 0.05) is 5.41 Å². The minimum Gasteiger partial charge on any atom is -0.458 e. The quantitative estimate of drug-likeness (QED) is 0.715. The van der Waals surface area contributed by atoms with E-state index < -0.39 is 0 Å². The molecule has 3 atom stereocenters. The molecule has 1 heterocycles. The van der Waals surface area contributed by atoms with Gasteiger partial charge >= 0.3 is 5.97 Å². The number of esters is 1. The van der Waals surface area contributed by atoms with Crippen LogP contribution in [0.1, 0.15) is 49.7 Å². The molecule has 0 radical (unpaired) electrons. The lowest BCUT2D eigenvalue weighted by atomic mass is 9.70. The van der Waals surface area contributed by atoms with Crippen LogP contribution >= 0.6 is 27.3 Å². The monoisotopic (exact) mass is 342 g/mol. The Morgan fingerprint density at radius 1 is 1.42 bits per heavy atom. The average molecular weight is 343 g/mol. The van der Waals surface area contributed by atoms with Gasteiger partial charge in [-0.3, -0.25) is 0 Å². The number of rotatable bonds is 2. The van der Waals surface area contributed by atoms with E-state index in [-0.39, 0.29) is 22.9 Å². The molecule has 2 aliphatic rings. The summed E-state index contributed by atoms with van der Waals surface area (Å²) >= 11 is 4.83. The van der Waals surface area contributed by atoms with Gasteiger partial charge in [0.1, 0.15) is 11.0 Å². The van der Waals surface area contributed by atoms with Gasteiger partial charge in [0.05, 0.1) is 3.79 Å². The smallest absolute Gasteiger partial charge is 0.348 e. The number of ether oxygens (including phenoxy) is 1. The van der Waals surface area contributed by atoms with E-state index in [1.165, 1.54) is 24.2 Å². The molecule has 3 rings (SSSR count). The summed E-state index contributed by atoms with van der Waals surface area (Å²) in [4.78, 5) is 12.9. The predicted molar refractivity (Wildman–Crippen MR) is 80.5 cm³/mol. The molecule has 0 N–H and O–H groups in total. The Morgan fingerprint density at radius 3 is 2.63 bits per heavy atom. The van der Waals surface area contributed by atoms with Crippen molar-refractivity contribution in [2.24, 2.45) is 16.7 Å². The summed E-state index contributed by atoms with van der Waals surface area (Å²) in [7, 11) is 0. The number of thiophene rings is 1. The second kappa shape index (κ2) is 4.32. The maximum atomic E-state index is 12.2. The third kappa shape index (κ3) is 1.90. The predicted octanol–water partition coefficient (Wildman–Crippen LogP) is 4.88. The van der Waals surface area contributed by atoms with Crippen molar-refractivity contribution < 1.29 is 9.53 Å². The summed E-state index contributed by atoms with van der Waals surface area (Å²) in [5.74, 6) is 0.538. The minimum atomic E-state index is -0.162. The highest BCUT2D eigenvalue weighted by molar-refractivity contribution is 9.11. The molecule has 0 aromatic carbocycles. The van der Waals surface area contributed by atoms with Crippen LogP contribution in [0.5, 0.6) is 0 Å². The largest absolute Gasteiger partial charge is 0.458 e. The molecule has 1 aromatic heterocycles. The molecular weight excluding hydrogens is 324 g/mol. The Morgan fingerprint density at radius 2 is 2.16 bits per heavy atom. The lowest BCUT2D eigenvalue weighted by Gasteiger charge is -2.38. The fourth-order valence-electron chi connectivity index (χ4n) is 3.92. The second-order valence-electron chi connectivity index (χ2n) is 6.61. The van der Waals surface area contributed by atoms with Gasteiger partial charge in [-0.1, -0.05) is 20.8 Å². The lowest BCUT2D eigenvalue weighted by molar-refractivity contribution is -0.0238. The van der Waals surface area contributed by atoms with Crippen LogP contribution in [0.15, 0.2) is 15.9 Å². The van der Waals surface area contributed by atoms with Crippen molar-refractivity contribution in [1.82, 2.24) is 0 Å². The first kappa shape index (κ1) is 13.6. The standard InChI is InChI=1S/C15H19BrO2S/c1-14(2)9-6-7-15(14,3)11(8-9)18-13(17)10-4-5-12(16)19-10/h4-5,9,11H,6-8H2,1-3H3/t9-,11-,15+/m1/s1. The van der Waals surface area contributed by atoms with E-state index in [4.69, 9.17) is 4.74 Å². The number of fused-ring (bicyclic) bond motifs is 2. The van der Waals surface area contributed by atoms with Crippen molar-refractivity contribution in [2.75, 3.05) is 0 Å². The van der Waals surface area contributed by atoms with Crippen LogP contribution in [0.4, 0.5) is 0 Å². The third-order valence-corrected chi connectivity index (χ3v) is 7.34. The molecule has 0 spiro atoms. The number of hydrogen-bond acceptors (Lipinski definition) is 3. The second-order valence-corrected chi connectivity index (χ2v) is 9.07. The molecule has 2 saturated carbocycles. The van der Waals surface area contributed by atoms with Gasteiger partial charge in [-0.15, -0.1) is 11.3 Å². The van der Waals surface area contributed by atoms with Crippen LogP contribution in [-0.2, 0) is 4.74 Å².